The minimum Gasteiger partial charge on any atom is -0.314 e. The number of rotatable bonds is 2. The summed E-state index contributed by atoms with van der Waals surface area (Å²) in [6.07, 6.45) is 0. The molecule has 1 unspecified atom stereocenters. The van der Waals surface area contributed by atoms with Crippen molar-refractivity contribution in [3.63, 3.8) is 0 Å². The first-order valence-corrected chi connectivity index (χ1v) is 5.96. The van der Waals surface area contributed by atoms with E-state index in [1.165, 1.54) is 6.07 Å². The third-order valence-corrected chi connectivity index (χ3v) is 3.42. The van der Waals surface area contributed by atoms with E-state index in [1.54, 1.807) is 6.07 Å². The van der Waals surface area contributed by atoms with E-state index in [0.717, 1.165) is 31.7 Å². The molecule has 0 amide bonds. The fourth-order valence-corrected chi connectivity index (χ4v) is 2.24. The molecule has 0 saturated carbocycles. The van der Waals surface area contributed by atoms with Crippen LogP contribution in [0.5, 0.6) is 0 Å². The van der Waals surface area contributed by atoms with Crippen molar-refractivity contribution in [3.8, 4) is 0 Å². The van der Waals surface area contributed by atoms with Crippen molar-refractivity contribution in [2.45, 2.75) is 13.0 Å². The van der Waals surface area contributed by atoms with Gasteiger partial charge in [0.25, 0.3) is 0 Å². The smallest absolute Gasteiger partial charge is 0.141 e. The van der Waals surface area contributed by atoms with E-state index in [-0.39, 0.29) is 10.8 Å². The molecule has 1 aromatic carbocycles. The Bertz CT molecular complexity index is 364. The molecule has 0 bridgehead atoms. The third-order valence-electron chi connectivity index (χ3n) is 3.13. The first-order valence-electron chi connectivity index (χ1n) is 5.58. The number of nitrogens with one attached hydrogen (secondary N) is 1. The van der Waals surface area contributed by atoms with Gasteiger partial charge in [0.05, 0.1) is 5.02 Å². The van der Waals surface area contributed by atoms with E-state index in [4.69, 9.17) is 11.6 Å². The summed E-state index contributed by atoms with van der Waals surface area (Å²) >= 11 is 5.79. The highest BCUT2D eigenvalue weighted by atomic mass is 35.5. The maximum absolute atomic E-state index is 13.0. The molecule has 1 atom stereocenters. The van der Waals surface area contributed by atoms with Crippen LogP contribution in [0.2, 0.25) is 5.02 Å². The molecule has 1 aliphatic rings. The van der Waals surface area contributed by atoms with Crippen LogP contribution in [0, 0.1) is 5.82 Å². The summed E-state index contributed by atoms with van der Waals surface area (Å²) in [7, 11) is 0. The molecule has 1 saturated heterocycles. The molecule has 16 heavy (non-hydrogen) atoms. The predicted octanol–water partition coefficient (Wildman–Crippen LogP) is 2.45. The fraction of sp³-hybridized carbons (Fsp3) is 0.500. The fourth-order valence-electron chi connectivity index (χ4n) is 2.05. The van der Waals surface area contributed by atoms with Gasteiger partial charge >= 0.3 is 0 Å². The normalized spacial score (nSPS) is 19.7. The minimum atomic E-state index is -0.349. The van der Waals surface area contributed by atoms with Gasteiger partial charge < -0.3 is 5.32 Å². The summed E-state index contributed by atoms with van der Waals surface area (Å²) in [6, 6.07) is 5.27. The lowest BCUT2D eigenvalue weighted by atomic mass is 10.1. The summed E-state index contributed by atoms with van der Waals surface area (Å²) in [5.41, 5.74) is 1.08. The van der Waals surface area contributed by atoms with Crippen molar-refractivity contribution >= 4 is 11.6 Å². The van der Waals surface area contributed by atoms with Crippen LogP contribution < -0.4 is 5.32 Å². The Morgan fingerprint density at radius 1 is 1.38 bits per heavy atom. The van der Waals surface area contributed by atoms with Crippen molar-refractivity contribution in [1.82, 2.24) is 10.2 Å². The molecule has 2 rings (SSSR count). The molecule has 0 aromatic heterocycles. The van der Waals surface area contributed by atoms with Crippen molar-refractivity contribution in [2.24, 2.45) is 0 Å². The first-order chi connectivity index (χ1) is 7.68. The third kappa shape index (κ3) is 2.54. The molecule has 0 aliphatic carbocycles. The highest BCUT2D eigenvalue weighted by molar-refractivity contribution is 6.30. The minimum absolute atomic E-state index is 0.208. The lowest BCUT2D eigenvalue weighted by Gasteiger charge is -2.33. The van der Waals surface area contributed by atoms with Crippen LogP contribution in [-0.4, -0.2) is 31.1 Å². The highest BCUT2D eigenvalue weighted by Crippen LogP contribution is 2.24. The SMILES string of the molecule is CC(c1ccc(F)c(Cl)c1)N1CCNCC1. The van der Waals surface area contributed by atoms with E-state index in [1.807, 2.05) is 6.07 Å². The second kappa shape index (κ2) is 5.13. The van der Waals surface area contributed by atoms with Crippen LogP contribution in [-0.2, 0) is 0 Å². The Morgan fingerprint density at radius 3 is 2.69 bits per heavy atom. The molecule has 1 heterocycles. The van der Waals surface area contributed by atoms with E-state index < -0.39 is 0 Å². The Balaban J connectivity index is 2.12. The lowest BCUT2D eigenvalue weighted by molar-refractivity contribution is 0.185. The van der Waals surface area contributed by atoms with E-state index >= 15 is 0 Å². The maximum atomic E-state index is 13.0. The molecule has 1 N–H and O–H groups in total. The van der Waals surface area contributed by atoms with Crippen molar-refractivity contribution in [3.05, 3.63) is 34.6 Å². The number of halogens is 2. The van der Waals surface area contributed by atoms with Crippen molar-refractivity contribution in [2.75, 3.05) is 26.2 Å². The van der Waals surface area contributed by atoms with Crippen LogP contribution >= 0.6 is 11.6 Å². The second-order valence-electron chi connectivity index (χ2n) is 4.14. The van der Waals surface area contributed by atoms with E-state index in [2.05, 4.69) is 17.1 Å². The van der Waals surface area contributed by atoms with Gasteiger partial charge in [-0.25, -0.2) is 4.39 Å². The number of piperazine rings is 1. The molecular formula is C12H16ClFN2. The predicted molar refractivity (Wildman–Crippen MR) is 64.3 cm³/mol. The molecule has 4 heteroatoms. The summed E-state index contributed by atoms with van der Waals surface area (Å²) < 4.78 is 13.0. The van der Waals surface area contributed by atoms with Crippen molar-refractivity contribution in [1.29, 1.82) is 0 Å². The quantitative estimate of drug-likeness (QED) is 0.857. The molecule has 2 nitrogen and oxygen atoms in total. The van der Waals surface area contributed by atoms with Gasteiger partial charge in [0.2, 0.25) is 0 Å². The van der Waals surface area contributed by atoms with Gasteiger partial charge in [0.1, 0.15) is 5.82 Å². The Kier molecular flexibility index (Phi) is 3.79. The van der Waals surface area contributed by atoms with Gasteiger partial charge in [0.15, 0.2) is 0 Å². The standard InChI is InChI=1S/C12H16ClFN2/c1-9(16-6-4-15-5-7-16)10-2-3-12(14)11(13)8-10/h2-3,8-9,15H,4-7H2,1H3. The topological polar surface area (TPSA) is 15.3 Å². The van der Waals surface area contributed by atoms with Crippen LogP contribution in [0.1, 0.15) is 18.5 Å². The molecule has 0 spiro atoms. The Hall–Kier alpha value is -0.640. The molecule has 1 fully saturated rings. The lowest BCUT2D eigenvalue weighted by Crippen LogP contribution is -2.44. The van der Waals surface area contributed by atoms with Crippen LogP contribution in [0.3, 0.4) is 0 Å². The largest absolute Gasteiger partial charge is 0.314 e. The van der Waals surface area contributed by atoms with Gasteiger partial charge in [-0.05, 0) is 24.6 Å². The Labute approximate surface area is 100 Å². The zero-order valence-electron chi connectivity index (χ0n) is 9.34. The summed E-state index contributed by atoms with van der Waals surface area (Å²) in [5, 5.41) is 3.52. The number of hydrogen-bond donors (Lipinski definition) is 1. The summed E-state index contributed by atoms with van der Waals surface area (Å²) in [4.78, 5) is 2.38. The van der Waals surface area contributed by atoms with E-state index in [0.29, 0.717) is 6.04 Å². The molecule has 88 valence electrons. The maximum Gasteiger partial charge on any atom is 0.141 e. The Morgan fingerprint density at radius 2 is 2.06 bits per heavy atom. The molecular weight excluding hydrogens is 227 g/mol. The number of nitrogens with zero attached hydrogens (tertiary/aromatic N) is 1. The van der Waals surface area contributed by atoms with Gasteiger partial charge in [-0.2, -0.15) is 0 Å². The average Bonchev–Trinajstić information content (AvgIpc) is 2.33. The van der Waals surface area contributed by atoms with Gasteiger partial charge in [0, 0.05) is 32.2 Å². The van der Waals surface area contributed by atoms with Gasteiger partial charge in [-0.1, -0.05) is 17.7 Å². The van der Waals surface area contributed by atoms with Crippen LogP contribution in [0.4, 0.5) is 4.39 Å². The van der Waals surface area contributed by atoms with E-state index in [9.17, 15) is 4.39 Å². The number of benzene rings is 1. The van der Waals surface area contributed by atoms with Crippen LogP contribution in [0.25, 0.3) is 0 Å². The number of hydrogen-bond acceptors (Lipinski definition) is 2. The van der Waals surface area contributed by atoms with Crippen LogP contribution in [0.15, 0.2) is 18.2 Å². The summed E-state index contributed by atoms with van der Waals surface area (Å²) in [6.45, 7) is 6.21. The monoisotopic (exact) mass is 242 g/mol. The van der Waals surface area contributed by atoms with Crippen molar-refractivity contribution < 1.29 is 4.39 Å². The summed E-state index contributed by atoms with van der Waals surface area (Å²) in [5.74, 6) is -0.349. The zero-order valence-corrected chi connectivity index (χ0v) is 10.1. The first kappa shape index (κ1) is 11.8. The highest BCUT2D eigenvalue weighted by Gasteiger charge is 2.18. The molecule has 1 aromatic rings. The molecule has 1 aliphatic heterocycles. The van der Waals surface area contributed by atoms with Gasteiger partial charge in [-0.15, -0.1) is 0 Å². The zero-order chi connectivity index (χ0) is 11.5. The average molecular weight is 243 g/mol. The second-order valence-corrected chi connectivity index (χ2v) is 4.54. The van der Waals surface area contributed by atoms with Gasteiger partial charge in [-0.3, -0.25) is 4.90 Å². The molecule has 0 radical (unpaired) electrons.